The van der Waals surface area contributed by atoms with Gasteiger partial charge in [-0.2, -0.15) is 0 Å². The van der Waals surface area contributed by atoms with Gasteiger partial charge in [-0.1, -0.05) is 26.0 Å². The van der Waals surface area contributed by atoms with E-state index in [9.17, 15) is 34.2 Å². The minimum Gasteiger partial charge on any atom is -0.508 e. The molecule has 222 valence electrons. The summed E-state index contributed by atoms with van der Waals surface area (Å²) in [4.78, 5) is 65.4. The Morgan fingerprint density at radius 1 is 0.875 bits per heavy atom. The second-order valence-corrected chi connectivity index (χ2v) is 9.68. The molecule has 0 aliphatic rings. The smallest absolute Gasteiger partial charge is 0.326 e. The van der Waals surface area contributed by atoms with Crippen molar-refractivity contribution in [2.24, 2.45) is 28.1 Å². The molecule has 1 aromatic rings. The van der Waals surface area contributed by atoms with Crippen LogP contribution in [0.15, 0.2) is 29.3 Å². The number of nitrogens with one attached hydrogen (secondary N) is 3. The number of hydrogen-bond donors (Lipinski definition) is 9. The van der Waals surface area contributed by atoms with Crippen molar-refractivity contribution in [2.45, 2.75) is 70.1 Å². The topological polar surface area (TPSA) is 273 Å². The zero-order chi connectivity index (χ0) is 30.4. The lowest BCUT2D eigenvalue weighted by atomic mass is 10.0. The van der Waals surface area contributed by atoms with Gasteiger partial charge in [0.15, 0.2) is 5.96 Å². The highest BCUT2D eigenvalue weighted by Crippen LogP contribution is 2.13. The minimum absolute atomic E-state index is 0.00299. The number of nitrogens with zero attached hydrogens (tertiary/aromatic N) is 1. The second kappa shape index (κ2) is 16.5. The van der Waals surface area contributed by atoms with Crippen molar-refractivity contribution >= 4 is 35.6 Å². The third-order valence-corrected chi connectivity index (χ3v) is 5.64. The van der Waals surface area contributed by atoms with Crippen LogP contribution in [-0.4, -0.2) is 81.7 Å². The van der Waals surface area contributed by atoms with Crippen LogP contribution in [0.4, 0.5) is 0 Å². The number of aromatic hydroxyl groups is 1. The van der Waals surface area contributed by atoms with Gasteiger partial charge in [0.1, 0.15) is 23.9 Å². The lowest BCUT2D eigenvalue weighted by Gasteiger charge is -2.26. The van der Waals surface area contributed by atoms with Crippen molar-refractivity contribution in [1.82, 2.24) is 16.0 Å². The molecule has 40 heavy (non-hydrogen) atoms. The molecule has 12 N–H and O–H groups in total. The van der Waals surface area contributed by atoms with E-state index in [1.54, 1.807) is 13.8 Å². The van der Waals surface area contributed by atoms with Crippen LogP contribution in [0, 0.1) is 5.92 Å². The number of hydrogen-bond acceptors (Lipinski definition) is 8. The molecular formula is C25H39N7O8. The van der Waals surface area contributed by atoms with Gasteiger partial charge < -0.3 is 48.5 Å². The fourth-order valence-corrected chi connectivity index (χ4v) is 3.65. The van der Waals surface area contributed by atoms with E-state index in [0.717, 1.165) is 0 Å². The number of amides is 3. The monoisotopic (exact) mass is 565 g/mol. The molecule has 4 atom stereocenters. The number of aliphatic imine (C=N–C) groups is 1. The first-order chi connectivity index (χ1) is 18.7. The molecule has 0 spiro atoms. The van der Waals surface area contributed by atoms with Gasteiger partial charge in [0.05, 0.1) is 12.5 Å². The summed E-state index contributed by atoms with van der Waals surface area (Å²) in [7, 11) is 0. The SMILES string of the molecule is CC(C)CC(NC(=O)C(CCCN=C(N)N)NC(=O)C(N)CC(=O)O)C(=O)NC(Cc1ccc(O)cc1)C(=O)O. The summed E-state index contributed by atoms with van der Waals surface area (Å²) < 4.78 is 0. The van der Waals surface area contributed by atoms with Gasteiger partial charge in [0.25, 0.3) is 0 Å². The first-order valence-corrected chi connectivity index (χ1v) is 12.6. The fourth-order valence-electron chi connectivity index (χ4n) is 3.65. The zero-order valence-electron chi connectivity index (χ0n) is 22.5. The van der Waals surface area contributed by atoms with E-state index in [1.807, 2.05) is 0 Å². The summed E-state index contributed by atoms with van der Waals surface area (Å²) in [6.45, 7) is 3.74. The summed E-state index contributed by atoms with van der Waals surface area (Å²) in [6.07, 6.45) is -0.308. The number of phenols is 1. The van der Waals surface area contributed by atoms with Crippen LogP contribution in [0.1, 0.15) is 45.1 Å². The third-order valence-electron chi connectivity index (χ3n) is 5.64. The van der Waals surface area contributed by atoms with Gasteiger partial charge in [-0.3, -0.25) is 24.2 Å². The maximum absolute atomic E-state index is 13.2. The highest BCUT2D eigenvalue weighted by atomic mass is 16.4. The average molecular weight is 566 g/mol. The predicted octanol–water partition coefficient (Wildman–Crippen LogP) is -1.62. The molecule has 4 unspecified atom stereocenters. The first kappa shape index (κ1) is 33.6. The summed E-state index contributed by atoms with van der Waals surface area (Å²) >= 11 is 0. The summed E-state index contributed by atoms with van der Waals surface area (Å²) in [5, 5.41) is 35.4. The molecule has 15 heteroatoms. The predicted molar refractivity (Wildman–Crippen MR) is 145 cm³/mol. The summed E-state index contributed by atoms with van der Waals surface area (Å²) in [5.74, 6) is -5.23. The molecule has 0 fully saturated rings. The van der Waals surface area contributed by atoms with Crippen LogP contribution in [0.2, 0.25) is 0 Å². The summed E-state index contributed by atoms with van der Waals surface area (Å²) in [5.41, 5.74) is 16.8. The van der Waals surface area contributed by atoms with Crippen LogP contribution in [0.5, 0.6) is 5.75 Å². The Bertz CT molecular complexity index is 1060. The van der Waals surface area contributed by atoms with Crippen LogP contribution in [0.25, 0.3) is 0 Å². The van der Waals surface area contributed by atoms with Crippen LogP contribution >= 0.6 is 0 Å². The number of carbonyl (C=O) groups excluding carboxylic acids is 3. The first-order valence-electron chi connectivity index (χ1n) is 12.6. The molecule has 1 rings (SSSR count). The van der Waals surface area contributed by atoms with Crippen molar-refractivity contribution in [1.29, 1.82) is 0 Å². The van der Waals surface area contributed by atoms with E-state index in [4.69, 9.17) is 22.3 Å². The number of benzene rings is 1. The van der Waals surface area contributed by atoms with Gasteiger partial charge in [-0.25, -0.2) is 4.79 Å². The fraction of sp³-hybridized carbons (Fsp3) is 0.520. The van der Waals surface area contributed by atoms with Gasteiger partial charge in [0, 0.05) is 13.0 Å². The minimum atomic E-state index is -1.42. The molecule has 0 aliphatic carbocycles. The molecule has 0 saturated heterocycles. The molecule has 15 nitrogen and oxygen atoms in total. The molecular weight excluding hydrogens is 526 g/mol. The van der Waals surface area contributed by atoms with E-state index in [0.29, 0.717) is 5.56 Å². The number of nitrogens with two attached hydrogens (primary N) is 3. The number of carboxylic acids is 2. The molecule has 3 amide bonds. The lowest BCUT2D eigenvalue weighted by molar-refractivity contribution is -0.142. The van der Waals surface area contributed by atoms with E-state index in [1.165, 1.54) is 24.3 Å². The van der Waals surface area contributed by atoms with Crippen molar-refractivity contribution in [2.75, 3.05) is 6.54 Å². The quantitative estimate of drug-likeness (QED) is 0.0587. The number of guanidine groups is 1. The maximum atomic E-state index is 13.2. The highest BCUT2D eigenvalue weighted by molar-refractivity contribution is 5.94. The zero-order valence-corrected chi connectivity index (χ0v) is 22.5. The largest absolute Gasteiger partial charge is 0.508 e. The van der Waals surface area contributed by atoms with Crippen LogP contribution < -0.4 is 33.2 Å². The van der Waals surface area contributed by atoms with Gasteiger partial charge in [-0.15, -0.1) is 0 Å². The molecule has 0 radical (unpaired) electrons. The number of carbonyl (C=O) groups is 5. The lowest BCUT2D eigenvalue weighted by Crippen LogP contribution is -2.57. The van der Waals surface area contributed by atoms with E-state index >= 15 is 0 Å². The Morgan fingerprint density at radius 3 is 1.95 bits per heavy atom. The van der Waals surface area contributed by atoms with E-state index in [2.05, 4.69) is 20.9 Å². The molecule has 1 aromatic carbocycles. The number of carboxylic acid groups (broad SMARTS) is 2. The third kappa shape index (κ3) is 12.9. The highest BCUT2D eigenvalue weighted by Gasteiger charge is 2.31. The summed E-state index contributed by atoms with van der Waals surface area (Å²) in [6, 6.07) is 0.716. The maximum Gasteiger partial charge on any atom is 0.326 e. The Kier molecular flexibility index (Phi) is 13.9. The number of phenolic OH excluding ortho intramolecular Hbond substituents is 1. The normalized spacial score (nSPS) is 13.8. The number of aliphatic carboxylic acids is 2. The Morgan fingerprint density at radius 2 is 1.43 bits per heavy atom. The Hall–Kier alpha value is -4.40. The molecule has 0 saturated carbocycles. The van der Waals surface area contributed by atoms with Crippen molar-refractivity contribution in [3.63, 3.8) is 0 Å². The van der Waals surface area contributed by atoms with E-state index in [-0.39, 0.29) is 49.9 Å². The van der Waals surface area contributed by atoms with E-state index < -0.39 is 60.2 Å². The second-order valence-electron chi connectivity index (χ2n) is 9.68. The number of rotatable bonds is 17. The molecule has 0 heterocycles. The Balaban J connectivity index is 3.06. The van der Waals surface area contributed by atoms with Gasteiger partial charge in [0.2, 0.25) is 17.7 Å². The van der Waals surface area contributed by atoms with Crippen molar-refractivity contribution in [3.8, 4) is 5.75 Å². The van der Waals surface area contributed by atoms with Crippen LogP contribution in [-0.2, 0) is 30.4 Å². The van der Waals surface area contributed by atoms with Gasteiger partial charge >= 0.3 is 11.9 Å². The average Bonchev–Trinajstić information content (AvgIpc) is 2.85. The Labute approximate surface area is 231 Å². The standard InChI is InChI=1S/C25H39N7O8/c1-13(2)10-18(23(38)32-19(24(39)40)11-14-5-7-15(33)8-6-14)31-22(37)17(4-3-9-29-25(27)28)30-21(36)16(26)12-20(34)35/h5-8,13,16-19,33H,3-4,9-12,26H2,1-2H3,(H,30,36)(H,31,37)(H,32,38)(H,34,35)(H,39,40)(H4,27,28,29). The van der Waals surface area contributed by atoms with Gasteiger partial charge in [-0.05, 0) is 42.9 Å². The molecule has 0 aliphatic heterocycles. The van der Waals surface area contributed by atoms with Crippen molar-refractivity contribution < 1.29 is 39.3 Å². The molecule has 0 aromatic heterocycles. The van der Waals surface area contributed by atoms with Crippen molar-refractivity contribution in [3.05, 3.63) is 29.8 Å². The molecule has 0 bridgehead atoms. The van der Waals surface area contributed by atoms with Crippen LogP contribution in [0.3, 0.4) is 0 Å².